The van der Waals surface area contributed by atoms with Gasteiger partial charge in [0.2, 0.25) is 0 Å². The van der Waals surface area contributed by atoms with E-state index in [0.717, 1.165) is 16.8 Å². The Labute approximate surface area is 139 Å². The zero-order valence-electron chi connectivity index (χ0n) is 12.6. The smallest absolute Gasteiger partial charge is 0.281 e. The fourth-order valence-corrected chi connectivity index (χ4v) is 3.71. The predicted molar refractivity (Wildman–Crippen MR) is 96.2 cm³/mol. The molecule has 1 aromatic carbocycles. The first kappa shape index (κ1) is 14.9. The van der Waals surface area contributed by atoms with Gasteiger partial charge in [0.25, 0.3) is 5.91 Å². The molecule has 0 spiro atoms. The van der Waals surface area contributed by atoms with Gasteiger partial charge < -0.3 is 5.32 Å². The molecule has 3 rings (SSSR count). The van der Waals surface area contributed by atoms with Crippen molar-refractivity contribution in [3.63, 3.8) is 0 Å². The lowest BCUT2D eigenvalue weighted by Gasteiger charge is -2.16. The van der Waals surface area contributed by atoms with E-state index in [1.165, 1.54) is 9.75 Å². The number of carbonyl (C=O) groups excluding carboxylic acids is 1. The number of para-hydroxylation sites is 1. The molecule has 3 nitrogen and oxygen atoms in total. The van der Waals surface area contributed by atoms with E-state index in [0.29, 0.717) is 10.8 Å². The number of nitrogens with one attached hydrogen (secondary N) is 1. The third kappa shape index (κ3) is 2.58. The molecule has 2 aromatic rings. The summed E-state index contributed by atoms with van der Waals surface area (Å²) < 4.78 is 0. The molecule has 0 aliphatic carbocycles. The van der Waals surface area contributed by atoms with Gasteiger partial charge in [0.15, 0.2) is 5.11 Å². The Morgan fingerprint density at radius 1 is 1.23 bits per heavy atom. The van der Waals surface area contributed by atoms with Crippen LogP contribution in [0.15, 0.2) is 36.0 Å². The van der Waals surface area contributed by atoms with Crippen LogP contribution < -0.4 is 10.2 Å². The van der Waals surface area contributed by atoms with Gasteiger partial charge in [0.05, 0.1) is 5.69 Å². The second-order valence-electron chi connectivity index (χ2n) is 5.28. The topological polar surface area (TPSA) is 32.3 Å². The summed E-state index contributed by atoms with van der Waals surface area (Å²) in [6, 6.07) is 9.82. The van der Waals surface area contributed by atoms with Crippen LogP contribution in [0.25, 0.3) is 6.08 Å². The van der Waals surface area contributed by atoms with Crippen LogP contribution in [-0.4, -0.2) is 11.0 Å². The molecule has 0 bridgehead atoms. The van der Waals surface area contributed by atoms with Crippen molar-refractivity contribution in [1.29, 1.82) is 0 Å². The number of nitrogens with zero attached hydrogens (tertiary/aromatic N) is 1. The van der Waals surface area contributed by atoms with Gasteiger partial charge in [-0.05, 0) is 62.3 Å². The normalized spacial score (nSPS) is 16.5. The molecule has 0 saturated carbocycles. The zero-order chi connectivity index (χ0) is 15.9. The minimum absolute atomic E-state index is 0.109. The lowest BCUT2D eigenvalue weighted by atomic mass is 10.1. The van der Waals surface area contributed by atoms with Gasteiger partial charge >= 0.3 is 0 Å². The van der Waals surface area contributed by atoms with Crippen LogP contribution in [0.4, 0.5) is 5.69 Å². The molecule has 1 aromatic heterocycles. The minimum atomic E-state index is -0.109. The van der Waals surface area contributed by atoms with Gasteiger partial charge in [-0.2, -0.15) is 0 Å². The quantitative estimate of drug-likeness (QED) is 0.669. The molecule has 22 heavy (non-hydrogen) atoms. The van der Waals surface area contributed by atoms with Crippen LogP contribution in [0.2, 0.25) is 0 Å². The molecule has 0 radical (unpaired) electrons. The van der Waals surface area contributed by atoms with Crippen LogP contribution in [0.3, 0.4) is 0 Å². The van der Waals surface area contributed by atoms with Gasteiger partial charge in [-0.1, -0.05) is 18.2 Å². The first-order valence-corrected chi connectivity index (χ1v) is 8.19. The summed E-state index contributed by atoms with van der Waals surface area (Å²) in [6.07, 6.45) is 1.88. The fourth-order valence-electron chi connectivity index (χ4n) is 2.52. The fraction of sp³-hybridized carbons (Fsp3) is 0.176. The highest BCUT2D eigenvalue weighted by Crippen LogP contribution is 2.27. The van der Waals surface area contributed by atoms with E-state index in [2.05, 4.69) is 25.2 Å². The summed E-state index contributed by atoms with van der Waals surface area (Å²) in [5, 5.41) is 3.46. The number of benzene rings is 1. The van der Waals surface area contributed by atoms with E-state index < -0.39 is 0 Å². The molecule has 2 heterocycles. The molecule has 0 atom stereocenters. The average Bonchev–Trinajstić information content (AvgIpc) is 2.91. The first-order valence-electron chi connectivity index (χ1n) is 6.97. The van der Waals surface area contributed by atoms with E-state index in [-0.39, 0.29) is 5.91 Å². The van der Waals surface area contributed by atoms with Gasteiger partial charge in [-0.25, -0.2) is 0 Å². The summed E-state index contributed by atoms with van der Waals surface area (Å²) in [7, 11) is 0. The Hall–Kier alpha value is -1.98. The van der Waals surface area contributed by atoms with Crippen LogP contribution in [0.1, 0.15) is 20.9 Å². The molecule has 1 aliphatic rings. The van der Waals surface area contributed by atoms with E-state index in [1.54, 1.807) is 16.2 Å². The van der Waals surface area contributed by atoms with E-state index >= 15 is 0 Å². The van der Waals surface area contributed by atoms with Crippen molar-refractivity contribution in [2.24, 2.45) is 0 Å². The molecule has 112 valence electrons. The molecular weight excluding hydrogens is 312 g/mol. The van der Waals surface area contributed by atoms with Crippen LogP contribution in [-0.2, 0) is 4.79 Å². The van der Waals surface area contributed by atoms with Gasteiger partial charge in [-0.3, -0.25) is 9.69 Å². The van der Waals surface area contributed by atoms with Crippen molar-refractivity contribution >= 4 is 46.3 Å². The third-order valence-corrected chi connectivity index (χ3v) is 4.88. The largest absolute Gasteiger partial charge is 0.327 e. The van der Waals surface area contributed by atoms with E-state index in [1.807, 2.05) is 37.3 Å². The summed E-state index contributed by atoms with van der Waals surface area (Å²) in [6.45, 7) is 6.09. The number of carbonyl (C=O) groups is 1. The molecular formula is C17H16N2OS2. The lowest BCUT2D eigenvalue weighted by Crippen LogP contribution is -2.30. The van der Waals surface area contributed by atoms with Crippen molar-refractivity contribution in [2.75, 3.05) is 4.90 Å². The van der Waals surface area contributed by atoms with E-state index in [9.17, 15) is 4.79 Å². The Bertz CT molecular complexity index is 805. The standard InChI is InChI=1S/C17H16N2OS2/c1-10-6-4-5-7-15(10)19-16(20)14(18-17(19)21)9-13-8-11(2)22-12(13)3/h4-9H,1-3H3,(H,18,21)/b14-9+. The summed E-state index contributed by atoms with van der Waals surface area (Å²) in [5.74, 6) is -0.109. The highest BCUT2D eigenvalue weighted by Gasteiger charge is 2.32. The van der Waals surface area contributed by atoms with Crippen LogP contribution in [0.5, 0.6) is 0 Å². The van der Waals surface area contributed by atoms with Gasteiger partial charge in [0.1, 0.15) is 5.70 Å². The first-order chi connectivity index (χ1) is 10.5. The SMILES string of the molecule is Cc1cc(/C=C2/NC(=S)N(c3ccccc3C)C2=O)c(C)s1. The summed E-state index contributed by atoms with van der Waals surface area (Å²) in [4.78, 5) is 16.7. The molecule has 1 N–H and O–H groups in total. The van der Waals surface area contributed by atoms with Crippen LogP contribution >= 0.6 is 23.6 Å². The number of rotatable bonds is 2. The molecule has 1 saturated heterocycles. The second-order valence-corrected chi connectivity index (χ2v) is 7.13. The highest BCUT2D eigenvalue weighted by molar-refractivity contribution is 7.80. The molecule has 1 amide bonds. The maximum absolute atomic E-state index is 12.7. The maximum Gasteiger partial charge on any atom is 0.281 e. The zero-order valence-corrected chi connectivity index (χ0v) is 14.3. The van der Waals surface area contributed by atoms with Crippen molar-refractivity contribution in [1.82, 2.24) is 5.32 Å². The molecule has 5 heteroatoms. The van der Waals surface area contributed by atoms with Crippen molar-refractivity contribution in [3.8, 4) is 0 Å². The summed E-state index contributed by atoms with van der Waals surface area (Å²) >= 11 is 7.07. The number of anilines is 1. The number of hydrogen-bond acceptors (Lipinski definition) is 3. The second kappa shape index (κ2) is 5.66. The Morgan fingerprint density at radius 3 is 2.59 bits per heavy atom. The monoisotopic (exact) mass is 328 g/mol. The Kier molecular flexibility index (Phi) is 3.85. The average molecular weight is 328 g/mol. The maximum atomic E-state index is 12.7. The predicted octanol–water partition coefficient (Wildman–Crippen LogP) is 3.94. The lowest BCUT2D eigenvalue weighted by molar-refractivity contribution is -0.113. The van der Waals surface area contributed by atoms with Crippen molar-refractivity contribution in [3.05, 3.63) is 56.9 Å². The molecule has 1 aliphatic heterocycles. The summed E-state index contributed by atoms with van der Waals surface area (Å²) in [5.41, 5.74) is 3.43. The minimum Gasteiger partial charge on any atom is -0.327 e. The van der Waals surface area contributed by atoms with E-state index in [4.69, 9.17) is 12.2 Å². The Morgan fingerprint density at radius 2 is 1.95 bits per heavy atom. The molecule has 1 fully saturated rings. The molecule has 0 unspecified atom stereocenters. The Balaban J connectivity index is 1.99. The number of aryl methyl sites for hydroxylation is 3. The van der Waals surface area contributed by atoms with Crippen LogP contribution in [0, 0.1) is 20.8 Å². The third-order valence-electron chi connectivity index (χ3n) is 3.61. The number of thiophene rings is 1. The number of thiocarbonyl (C=S) groups is 1. The van der Waals surface area contributed by atoms with Gasteiger partial charge in [0, 0.05) is 9.75 Å². The number of hydrogen-bond donors (Lipinski definition) is 1. The highest BCUT2D eigenvalue weighted by atomic mass is 32.1. The van der Waals surface area contributed by atoms with Crippen molar-refractivity contribution in [2.45, 2.75) is 20.8 Å². The number of amides is 1. The van der Waals surface area contributed by atoms with Gasteiger partial charge in [-0.15, -0.1) is 11.3 Å². The van der Waals surface area contributed by atoms with Crippen molar-refractivity contribution < 1.29 is 4.79 Å².